The summed E-state index contributed by atoms with van der Waals surface area (Å²) in [5, 5.41) is 8.86. The van der Waals surface area contributed by atoms with Gasteiger partial charge in [0, 0.05) is 5.56 Å². The Labute approximate surface area is 173 Å². The SMILES string of the molecule is CCOC(=O)Cc1nnc(SCC(=O)c2ccc(CC)cc2)n1Cc1ccco1. The van der Waals surface area contributed by atoms with Gasteiger partial charge in [-0.1, -0.05) is 43.0 Å². The van der Waals surface area contributed by atoms with Crippen molar-refractivity contribution in [1.29, 1.82) is 0 Å². The Kier molecular flexibility index (Phi) is 7.24. The van der Waals surface area contributed by atoms with Crippen LogP contribution < -0.4 is 0 Å². The standard InChI is InChI=1S/C21H23N3O4S/c1-3-15-7-9-16(10-8-15)18(25)14-29-21-23-22-19(12-20(26)27-4-2)24(21)13-17-6-5-11-28-17/h5-11H,3-4,12-14H2,1-2H3. The molecule has 0 aliphatic rings. The first-order chi connectivity index (χ1) is 14.1. The molecular weight excluding hydrogens is 390 g/mol. The molecule has 0 N–H and O–H groups in total. The van der Waals surface area contributed by atoms with E-state index < -0.39 is 0 Å². The number of thioether (sulfide) groups is 1. The second-order valence-corrected chi connectivity index (χ2v) is 7.25. The molecule has 29 heavy (non-hydrogen) atoms. The van der Waals surface area contributed by atoms with E-state index in [1.807, 2.05) is 30.3 Å². The van der Waals surface area contributed by atoms with Crippen LogP contribution in [0.2, 0.25) is 0 Å². The van der Waals surface area contributed by atoms with Crippen molar-refractivity contribution in [3.8, 4) is 0 Å². The fourth-order valence-electron chi connectivity index (χ4n) is 2.75. The zero-order valence-corrected chi connectivity index (χ0v) is 17.3. The van der Waals surface area contributed by atoms with Gasteiger partial charge in [-0.05, 0) is 31.0 Å². The van der Waals surface area contributed by atoms with Crippen molar-refractivity contribution in [2.45, 2.75) is 38.4 Å². The highest BCUT2D eigenvalue weighted by Crippen LogP contribution is 2.21. The average molecular weight is 413 g/mol. The number of nitrogens with zero attached hydrogens (tertiary/aromatic N) is 3. The summed E-state index contributed by atoms with van der Waals surface area (Å²) in [5.41, 5.74) is 1.86. The number of esters is 1. The van der Waals surface area contributed by atoms with Crippen LogP contribution in [-0.2, 0) is 28.9 Å². The summed E-state index contributed by atoms with van der Waals surface area (Å²) in [6.45, 7) is 4.51. The number of aromatic nitrogens is 3. The molecule has 8 heteroatoms. The Balaban J connectivity index is 1.73. The van der Waals surface area contributed by atoms with Crippen LogP contribution in [0, 0.1) is 0 Å². The Morgan fingerprint density at radius 3 is 2.59 bits per heavy atom. The van der Waals surface area contributed by atoms with Crippen molar-refractivity contribution in [2.75, 3.05) is 12.4 Å². The number of rotatable bonds is 10. The molecule has 0 radical (unpaired) electrons. The van der Waals surface area contributed by atoms with Crippen molar-refractivity contribution < 1.29 is 18.7 Å². The van der Waals surface area contributed by atoms with Gasteiger partial charge in [-0.2, -0.15) is 0 Å². The van der Waals surface area contributed by atoms with Crippen LogP contribution in [0.3, 0.4) is 0 Å². The third-order valence-electron chi connectivity index (χ3n) is 4.31. The van der Waals surface area contributed by atoms with Crippen molar-refractivity contribution in [3.63, 3.8) is 0 Å². The fraction of sp³-hybridized carbons (Fsp3) is 0.333. The number of aryl methyl sites for hydroxylation is 1. The first kappa shape index (κ1) is 20.9. The summed E-state index contributed by atoms with van der Waals surface area (Å²) in [5.74, 6) is 1.04. The van der Waals surface area contributed by atoms with Crippen molar-refractivity contribution >= 4 is 23.5 Å². The third kappa shape index (κ3) is 5.57. The number of benzene rings is 1. The molecule has 0 amide bonds. The van der Waals surface area contributed by atoms with E-state index in [4.69, 9.17) is 9.15 Å². The minimum Gasteiger partial charge on any atom is -0.467 e. The highest BCUT2D eigenvalue weighted by Gasteiger charge is 2.19. The molecule has 0 spiro atoms. The lowest BCUT2D eigenvalue weighted by molar-refractivity contribution is -0.142. The minimum atomic E-state index is -0.371. The van der Waals surface area contributed by atoms with Gasteiger partial charge >= 0.3 is 5.97 Å². The second-order valence-electron chi connectivity index (χ2n) is 6.31. The molecule has 3 rings (SSSR count). The summed E-state index contributed by atoms with van der Waals surface area (Å²) < 4.78 is 12.2. The summed E-state index contributed by atoms with van der Waals surface area (Å²) in [6.07, 6.45) is 2.53. The molecule has 3 aromatic rings. The van der Waals surface area contributed by atoms with Crippen LogP contribution in [0.4, 0.5) is 0 Å². The van der Waals surface area contributed by atoms with Crippen molar-refractivity contribution in [2.24, 2.45) is 0 Å². The predicted octanol–water partition coefficient (Wildman–Crippen LogP) is 3.56. The molecule has 0 atom stereocenters. The monoisotopic (exact) mass is 413 g/mol. The van der Waals surface area contributed by atoms with Gasteiger partial charge in [-0.3, -0.25) is 14.2 Å². The number of hydrogen-bond acceptors (Lipinski definition) is 7. The molecule has 0 unspecified atom stereocenters. The summed E-state index contributed by atoms with van der Waals surface area (Å²) in [4.78, 5) is 24.4. The molecule has 7 nitrogen and oxygen atoms in total. The number of carbonyl (C=O) groups excluding carboxylic acids is 2. The molecule has 0 aliphatic carbocycles. The molecule has 0 saturated heterocycles. The van der Waals surface area contributed by atoms with E-state index in [9.17, 15) is 9.59 Å². The number of carbonyl (C=O) groups is 2. The first-order valence-electron chi connectivity index (χ1n) is 9.45. The number of hydrogen-bond donors (Lipinski definition) is 0. The van der Waals surface area contributed by atoms with Gasteiger partial charge in [0.15, 0.2) is 10.9 Å². The molecule has 0 aliphatic heterocycles. The Morgan fingerprint density at radius 1 is 1.14 bits per heavy atom. The molecule has 1 aromatic carbocycles. The van der Waals surface area contributed by atoms with E-state index in [0.29, 0.717) is 35.5 Å². The highest BCUT2D eigenvalue weighted by atomic mass is 32.2. The first-order valence-corrected chi connectivity index (χ1v) is 10.4. The van der Waals surface area contributed by atoms with E-state index in [2.05, 4.69) is 17.1 Å². The lowest BCUT2D eigenvalue weighted by atomic mass is 10.1. The number of ketones is 1. The van der Waals surface area contributed by atoms with Crippen LogP contribution in [-0.4, -0.2) is 38.9 Å². The van der Waals surface area contributed by atoms with Gasteiger partial charge in [0.1, 0.15) is 18.0 Å². The summed E-state index contributed by atoms with van der Waals surface area (Å²) in [6, 6.07) is 11.3. The smallest absolute Gasteiger partial charge is 0.313 e. The largest absolute Gasteiger partial charge is 0.467 e. The minimum absolute atomic E-state index is 0.00847. The van der Waals surface area contributed by atoms with Crippen LogP contribution in [0.15, 0.2) is 52.2 Å². The molecule has 0 bridgehead atoms. The zero-order valence-electron chi connectivity index (χ0n) is 16.5. The van der Waals surface area contributed by atoms with Crippen LogP contribution in [0.25, 0.3) is 0 Å². The fourth-order valence-corrected chi connectivity index (χ4v) is 3.61. The molecular formula is C21H23N3O4S. The van der Waals surface area contributed by atoms with Gasteiger partial charge in [-0.15, -0.1) is 10.2 Å². The van der Waals surface area contributed by atoms with E-state index >= 15 is 0 Å². The van der Waals surface area contributed by atoms with Gasteiger partial charge in [-0.25, -0.2) is 0 Å². The lowest BCUT2D eigenvalue weighted by Crippen LogP contribution is -2.14. The van der Waals surface area contributed by atoms with E-state index in [1.165, 1.54) is 17.3 Å². The maximum Gasteiger partial charge on any atom is 0.313 e. The average Bonchev–Trinajstić information content (AvgIpc) is 3.37. The van der Waals surface area contributed by atoms with Crippen LogP contribution in [0.5, 0.6) is 0 Å². The van der Waals surface area contributed by atoms with Gasteiger partial charge < -0.3 is 9.15 Å². The predicted molar refractivity (Wildman–Crippen MR) is 109 cm³/mol. The van der Waals surface area contributed by atoms with Crippen molar-refractivity contribution in [1.82, 2.24) is 14.8 Å². The van der Waals surface area contributed by atoms with E-state index in [-0.39, 0.29) is 23.9 Å². The molecule has 0 fully saturated rings. The van der Waals surface area contributed by atoms with Crippen LogP contribution in [0.1, 0.15) is 41.4 Å². The lowest BCUT2D eigenvalue weighted by Gasteiger charge is -2.08. The molecule has 0 saturated carbocycles. The molecule has 152 valence electrons. The maximum absolute atomic E-state index is 12.5. The Hall–Kier alpha value is -2.87. The van der Waals surface area contributed by atoms with E-state index in [1.54, 1.807) is 23.8 Å². The topological polar surface area (TPSA) is 87.2 Å². The van der Waals surface area contributed by atoms with Crippen LogP contribution >= 0.6 is 11.8 Å². The van der Waals surface area contributed by atoms with Gasteiger partial charge in [0.25, 0.3) is 0 Å². The Bertz CT molecular complexity index is 949. The zero-order chi connectivity index (χ0) is 20.6. The second kappa shape index (κ2) is 10.1. The Morgan fingerprint density at radius 2 is 1.93 bits per heavy atom. The van der Waals surface area contributed by atoms with Gasteiger partial charge in [0.2, 0.25) is 0 Å². The number of Topliss-reactive ketones (excluding diaryl/α,β-unsaturated/α-hetero) is 1. The van der Waals surface area contributed by atoms with Crippen molar-refractivity contribution in [3.05, 3.63) is 65.4 Å². The molecule has 2 heterocycles. The van der Waals surface area contributed by atoms with E-state index in [0.717, 1.165) is 6.42 Å². The molecule has 2 aromatic heterocycles. The maximum atomic E-state index is 12.5. The number of furan rings is 1. The number of ether oxygens (including phenoxy) is 1. The quantitative estimate of drug-likeness (QED) is 0.285. The van der Waals surface area contributed by atoms with Gasteiger partial charge in [0.05, 0.1) is 25.2 Å². The summed E-state index contributed by atoms with van der Waals surface area (Å²) >= 11 is 1.29. The highest BCUT2D eigenvalue weighted by molar-refractivity contribution is 7.99. The third-order valence-corrected chi connectivity index (χ3v) is 5.28. The normalized spacial score (nSPS) is 10.8. The summed E-state index contributed by atoms with van der Waals surface area (Å²) in [7, 11) is 0.